The highest BCUT2D eigenvalue weighted by Gasteiger charge is 2.15. The lowest BCUT2D eigenvalue weighted by Gasteiger charge is -2.21. The zero-order chi connectivity index (χ0) is 14.4. The lowest BCUT2D eigenvalue weighted by Crippen LogP contribution is -2.34. The van der Waals surface area contributed by atoms with Crippen molar-refractivity contribution < 1.29 is 14.4 Å². The summed E-state index contributed by atoms with van der Waals surface area (Å²) in [6, 6.07) is 4.00. The molecule has 1 unspecified atom stereocenters. The molecule has 0 aliphatic heterocycles. The van der Waals surface area contributed by atoms with E-state index in [4.69, 9.17) is 5.11 Å². The number of halogens is 1. The largest absolute Gasteiger partial charge is 0.396 e. The summed E-state index contributed by atoms with van der Waals surface area (Å²) in [7, 11) is 0. The van der Waals surface area contributed by atoms with E-state index < -0.39 is 16.4 Å². The predicted molar refractivity (Wildman–Crippen MR) is 70.2 cm³/mol. The van der Waals surface area contributed by atoms with Gasteiger partial charge < -0.3 is 10.4 Å². The van der Waals surface area contributed by atoms with E-state index in [9.17, 15) is 14.5 Å². The number of nitro groups is 1. The Labute approximate surface area is 111 Å². The first-order valence-corrected chi connectivity index (χ1v) is 6.22. The number of aliphatic hydroxyl groups excluding tert-OH is 1. The molecule has 0 aliphatic carbocycles. The Morgan fingerprint density at radius 2 is 2.16 bits per heavy atom. The van der Waals surface area contributed by atoms with Crippen molar-refractivity contribution in [1.29, 1.82) is 0 Å². The minimum atomic E-state index is -0.826. The van der Waals surface area contributed by atoms with Crippen LogP contribution in [0.1, 0.15) is 25.8 Å². The van der Waals surface area contributed by atoms with Crippen molar-refractivity contribution in [3.63, 3.8) is 0 Å². The molecule has 106 valence electrons. The second-order valence-electron chi connectivity index (χ2n) is 4.79. The molecule has 1 aromatic carbocycles. The van der Waals surface area contributed by atoms with Gasteiger partial charge in [-0.25, -0.2) is 0 Å². The fraction of sp³-hybridized carbons (Fsp3) is 0.538. The van der Waals surface area contributed by atoms with Crippen molar-refractivity contribution in [2.45, 2.75) is 32.9 Å². The van der Waals surface area contributed by atoms with Gasteiger partial charge in [-0.05, 0) is 24.0 Å². The molecule has 0 heterocycles. The lowest BCUT2D eigenvalue weighted by molar-refractivity contribution is -0.387. The van der Waals surface area contributed by atoms with Gasteiger partial charge >= 0.3 is 5.69 Å². The van der Waals surface area contributed by atoms with Crippen LogP contribution in [0.15, 0.2) is 18.2 Å². The van der Waals surface area contributed by atoms with Crippen LogP contribution >= 0.6 is 0 Å². The highest BCUT2D eigenvalue weighted by Crippen LogP contribution is 2.18. The van der Waals surface area contributed by atoms with Crippen LogP contribution in [0.5, 0.6) is 0 Å². The third-order valence-corrected chi connectivity index (χ3v) is 3.02. The zero-order valence-electron chi connectivity index (χ0n) is 11.1. The molecule has 0 fully saturated rings. The molecule has 0 spiro atoms. The number of benzene rings is 1. The molecule has 0 saturated heterocycles. The first-order chi connectivity index (χ1) is 8.95. The van der Waals surface area contributed by atoms with E-state index in [2.05, 4.69) is 5.32 Å². The zero-order valence-corrected chi connectivity index (χ0v) is 11.1. The Morgan fingerprint density at radius 3 is 2.63 bits per heavy atom. The fourth-order valence-corrected chi connectivity index (χ4v) is 1.87. The summed E-state index contributed by atoms with van der Waals surface area (Å²) in [5.74, 6) is -0.484. The maximum Gasteiger partial charge on any atom is 0.304 e. The standard InChI is InChI=1S/C13H19FN2O3/c1-9(2)12(5-6-17)15-8-10-3-4-13(16(18)19)11(14)7-10/h3-4,7,9,12,15,17H,5-6,8H2,1-2H3. The van der Waals surface area contributed by atoms with Crippen molar-refractivity contribution in [2.24, 2.45) is 5.92 Å². The highest BCUT2D eigenvalue weighted by molar-refractivity contribution is 5.34. The predicted octanol–water partition coefficient (Wildman–Crippen LogP) is 2.23. The average Bonchev–Trinajstić information content (AvgIpc) is 2.33. The van der Waals surface area contributed by atoms with Gasteiger partial charge in [0.15, 0.2) is 0 Å². The van der Waals surface area contributed by atoms with Gasteiger partial charge in [-0.1, -0.05) is 19.9 Å². The van der Waals surface area contributed by atoms with E-state index in [1.54, 1.807) is 0 Å². The number of hydrogen-bond donors (Lipinski definition) is 2. The van der Waals surface area contributed by atoms with Gasteiger partial charge in [-0.15, -0.1) is 0 Å². The Morgan fingerprint density at radius 1 is 1.47 bits per heavy atom. The summed E-state index contributed by atoms with van der Waals surface area (Å²) in [6.45, 7) is 4.57. The van der Waals surface area contributed by atoms with Crippen molar-refractivity contribution in [1.82, 2.24) is 5.32 Å². The topological polar surface area (TPSA) is 75.4 Å². The maximum absolute atomic E-state index is 13.4. The van der Waals surface area contributed by atoms with Gasteiger partial charge in [0.2, 0.25) is 5.82 Å². The molecule has 0 bridgehead atoms. The molecule has 19 heavy (non-hydrogen) atoms. The van der Waals surface area contributed by atoms with Crippen LogP contribution in [0.2, 0.25) is 0 Å². The Hall–Kier alpha value is -1.53. The number of hydrogen-bond acceptors (Lipinski definition) is 4. The fourth-order valence-electron chi connectivity index (χ4n) is 1.87. The summed E-state index contributed by atoms with van der Waals surface area (Å²) >= 11 is 0. The molecule has 1 atom stereocenters. The van der Waals surface area contributed by atoms with Gasteiger partial charge in [0, 0.05) is 25.3 Å². The molecule has 5 nitrogen and oxygen atoms in total. The quantitative estimate of drug-likeness (QED) is 0.588. The molecule has 0 amide bonds. The second kappa shape index (κ2) is 7.16. The van der Waals surface area contributed by atoms with Gasteiger partial charge in [0.25, 0.3) is 0 Å². The van der Waals surface area contributed by atoms with Gasteiger partial charge in [-0.2, -0.15) is 4.39 Å². The number of nitrogens with zero attached hydrogens (tertiary/aromatic N) is 1. The van der Waals surface area contributed by atoms with E-state index in [0.717, 1.165) is 0 Å². The van der Waals surface area contributed by atoms with Gasteiger partial charge in [0.05, 0.1) is 4.92 Å². The van der Waals surface area contributed by atoms with Gasteiger partial charge in [-0.3, -0.25) is 10.1 Å². The summed E-state index contributed by atoms with van der Waals surface area (Å²) in [5.41, 5.74) is 0.131. The normalized spacial score (nSPS) is 12.7. The number of nitro benzene ring substituents is 1. The molecule has 0 aliphatic rings. The summed E-state index contributed by atoms with van der Waals surface area (Å²) in [4.78, 5) is 9.75. The van der Waals surface area contributed by atoms with Gasteiger partial charge in [0.1, 0.15) is 0 Å². The minimum absolute atomic E-state index is 0.0878. The average molecular weight is 270 g/mol. The molecular weight excluding hydrogens is 251 g/mol. The molecule has 0 saturated carbocycles. The summed E-state index contributed by atoms with van der Waals surface area (Å²) in [6.07, 6.45) is 0.618. The molecular formula is C13H19FN2O3. The second-order valence-corrected chi connectivity index (χ2v) is 4.79. The molecule has 6 heteroatoms. The minimum Gasteiger partial charge on any atom is -0.396 e. The van der Waals surface area contributed by atoms with Crippen LogP contribution in [0.25, 0.3) is 0 Å². The van der Waals surface area contributed by atoms with Crippen LogP contribution < -0.4 is 5.32 Å². The smallest absolute Gasteiger partial charge is 0.304 e. The first-order valence-electron chi connectivity index (χ1n) is 6.22. The van der Waals surface area contributed by atoms with E-state index in [-0.39, 0.29) is 12.6 Å². The summed E-state index contributed by atoms with van der Waals surface area (Å²) < 4.78 is 13.4. The van der Waals surface area contributed by atoms with E-state index >= 15 is 0 Å². The van der Waals surface area contributed by atoms with E-state index in [1.165, 1.54) is 18.2 Å². The maximum atomic E-state index is 13.4. The molecule has 0 radical (unpaired) electrons. The number of rotatable bonds is 7. The first kappa shape index (κ1) is 15.5. The monoisotopic (exact) mass is 270 g/mol. The molecule has 1 rings (SSSR count). The number of aliphatic hydroxyl groups is 1. The van der Waals surface area contributed by atoms with Crippen molar-refractivity contribution in [3.8, 4) is 0 Å². The Bertz CT molecular complexity index is 438. The molecule has 2 N–H and O–H groups in total. The third-order valence-electron chi connectivity index (χ3n) is 3.02. The van der Waals surface area contributed by atoms with Crippen LogP contribution in [0.3, 0.4) is 0 Å². The Kier molecular flexibility index (Phi) is 5.85. The molecule has 0 aromatic heterocycles. The summed E-state index contributed by atoms with van der Waals surface area (Å²) in [5, 5.41) is 22.7. The Balaban J connectivity index is 2.67. The van der Waals surface area contributed by atoms with Crippen LogP contribution in [0.4, 0.5) is 10.1 Å². The van der Waals surface area contributed by atoms with Crippen LogP contribution in [-0.4, -0.2) is 22.7 Å². The highest BCUT2D eigenvalue weighted by atomic mass is 19.1. The van der Waals surface area contributed by atoms with Crippen molar-refractivity contribution >= 4 is 5.69 Å². The number of nitrogens with one attached hydrogen (secondary N) is 1. The third kappa shape index (κ3) is 4.57. The van der Waals surface area contributed by atoms with E-state index in [0.29, 0.717) is 24.4 Å². The van der Waals surface area contributed by atoms with E-state index in [1.807, 2.05) is 13.8 Å². The van der Waals surface area contributed by atoms with Crippen molar-refractivity contribution in [3.05, 3.63) is 39.7 Å². The SMILES string of the molecule is CC(C)C(CCO)NCc1ccc([N+](=O)[O-])c(F)c1. The lowest BCUT2D eigenvalue weighted by atomic mass is 10.0. The molecule has 1 aromatic rings. The van der Waals surface area contributed by atoms with Crippen molar-refractivity contribution in [2.75, 3.05) is 6.61 Å². The van der Waals surface area contributed by atoms with Crippen LogP contribution in [0, 0.1) is 21.8 Å². The van der Waals surface area contributed by atoms with Crippen LogP contribution in [-0.2, 0) is 6.54 Å².